The maximum Gasteiger partial charge on any atom is 0.411 e. The molecule has 2 atom stereocenters. The van der Waals surface area contributed by atoms with Gasteiger partial charge >= 0.3 is 6.09 Å². The number of rotatable bonds is 4. The van der Waals surface area contributed by atoms with Gasteiger partial charge in [-0.1, -0.05) is 19.8 Å². The molecule has 0 aromatic heterocycles. The monoisotopic (exact) mass is 276 g/mol. The lowest BCUT2D eigenvalue weighted by Crippen LogP contribution is -2.26. The first-order valence-corrected chi connectivity index (χ1v) is 7.47. The zero-order valence-corrected chi connectivity index (χ0v) is 12.3. The summed E-state index contributed by atoms with van der Waals surface area (Å²) in [4.78, 5) is 11.3. The van der Waals surface area contributed by atoms with Crippen LogP contribution in [-0.4, -0.2) is 18.7 Å². The number of hydrogen-bond acceptors (Lipinski definition) is 3. The Hall–Kier alpha value is -1.71. The molecule has 0 spiro atoms. The molecule has 0 radical (unpaired) electrons. The van der Waals surface area contributed by atoms with Gasteiger partial charge in [-0.3, -0.25) is 5.32 Å². The SMILES string of the molecule is CCOC(=O)Nc1ccc(NC2CCCC(C)C2)cc1. The zero-order chi connectivity index (χ0) is 14.4. The molecule has 4 nitrogen and oxygen atoms in total. The van der Waals surface area contributed by atoms with Gasteiger partial charge in [0.05, 0.1) is 6.61 Å². The van der Waals surface area contributed by atoms with Crippen LogP contribution in [0.2, 0.25) is 0 Å². The van der Waals surface area contributed by atoms with Gasteiger partial charge in [0, 0.05) is 17.4 Å². The van der Waals surface area contributed by atoms with Gasteiger partial charge in [-0.2, -0.15) is 0 Å². The smallest absolute Gasteiger partial charge is 0.411 e. The second-order valence-corrected chi connectivity index (χ2v) is 5.54. The van der Waals surface area contributed by atoms with Crippen molar-refractivity contribution in [3.63, 3.8) is 0 Å². The Morgan fingerprint density at radius 1 is 1.25 bits per heavy atom. The topological polar surface area (TPSA) is 50.4 Å². The number of amides is 1. The van der Waals surface area contributed by atoms with Gasteiger partial charge in [-0.25, -0.2) is 4.79 Å². The van der Waals surface area contributed by atoms with Crippen LogP contribution in [0.3, 0.4) is 0 Å². The second-order valence-electron chi connectivity index (χ2n) is 5.54. The van der Waals surface area contributed by atoms with Gasteiger partial charge in [0.15, 0.2) is 0 Å². The highest BCUT2D eigenvalue weighted by molar-refractivity contribution is 5.84. The van der Waals surface area contributed by atoms with Gasteiger partial charge in [0.2, 0.25) is 0 Å². The molecule has 2 unspecified atom stereocenters. The van der Waals surface area contributed by atoms with Gasteiger partial charge in [-0.05, 0) is 49.9 Å². The molecule has 0 saturated heterocycles. The molecule has 1 aliphatic carbocycles. The normalized spacial score (nSPS) is 22.1. The molecular weight excluding hydrogens is 252 g/mol. The number of anilines is 2. The fourth-order valence-corrected chi connectivity index (χ4v) is 2.74. The van der Waals surface area contributed by atoms with Crippen molar-refractivity contribution >= 4 is 17.5 Å². The Morgan fingerprint density at radius 3 is 2.60 bits per heavy atom. The first-order chi connectivity index (χ1) is 9.67. The summed E-state index contributed by atoms with van der Waals surface area (Å²) >= 11 is 0. The molecule has 0 aliphatic heterocycles. The third-order valence-electron chi connectivity index (χ3n) is 3.71. The van der Waals surface area contributed by atoms with Crippen LogP contribution in [0.25, 0.3) is 0 Å². The molecule has 0 bridgehead atoms. The Labute approximate surface area is 120 Å². The van der Waals surface area contributed by atoms with E-state index in [2.05, 4.69) is 17.6 Å². The maximum absolute atomic E-state index is 11.3. The molecule has 110 valence electrons. The molecule has 0 heterocycles. The number of ether oxygens (including phenoxy) is 1. The van der Waals surface area contributed by atoms with Crippen LogP contribution in [0.15, 0.2) is 24.3 Å². The summed E-state index contributed by atoms with van der Waals surface area (Å²) in [5, 5.41) is 6.26. The van der Waals surface area contributed by atoms with Crippen LogP contribution in [-0.2, 0) is 4.74 Å². The van der Waals surface area contributed by atoms with E-state index in [0.29, 0.717) is 12.6 Å². The van der Waals surface area contributed by atoms with E-state index in [1.165, 1.54) is 25.7 Å². The molecule has 4 heteroatoms. The molecule has 2 N–H and O–H groups in total. The molecule has 1 amide bonds. The lowest BCUT2D eigenvalue weighted by molar-refractivity contribution is 0.168. The van der Waals surface area contributed by atoms with Crippen LogP contribution >= 0.6 is 0 Å². The lowest BCUT2D eigenvalue weighted by atomic mass is 9.87. The molecular formula is C16H24N2O2. The molecule has 1 aromatic rings. The largest absolute Gasteiger partial charge is 0.450 e. The molecule has 1 saturated carbocycles. The van der Waals surface area contributed by atoms with E-state index in [4.69, 9.17) is 4.74 Å². The van der Waals surface area contributed by atoms with Gasteiger partial charge < -0.3 is 10.1 Å². The summed E-state index contributed by atoms with van der Waals surface area (Å²) in [6.07, 6.45) is 4.73. The molecule has 1 aromatic carbocycles. The summed E-state index contributed by atoms with van der Waals surface area (Å²) in [5.74, 6) is 0.811. The van der Waals surface area contributed by atoms with Crippen LogP contribution in [0.1, 0.15) is 39.5 Å². The van der Waals surface area contributed by atoms with Crippen LogP contribution in [0.5, 0.6) is 0 Å². The predicted molar refractivity (Wildman–Crippen MR) is 82.1 cm³/mol. The molecule has 1 aliphatic rings. The quantitative estimate of drug-likeness (QED) is 0.864. The summed E-state index contributed by atoms with van der Waals surface area (Å²) in [7, 11) is 0. The average molecular weight is 276 g/mol. The minimum Gasteiger partial charge on any atom is -0.450 e. The lowest BCUT2D eigenvalue weighted by Gasteiger charge is -2.28. The van der Waals surface area contributed by atoms with Crippen LogP contribution < -0.4 is 10.6 Å². The number of hydrogen-bond donors (Lipinski definition) is 2. The number of carbonyl (C=O) groups is 1. The Kier molecular flexibility index (Phi) is 5.27. The van der Waals surface area contributed by atoms with E-state index in [-0.39, 0.29) is 0 Å². The summed E-state index contributed by atoms with van der Waals surface area (Å²) in [5.41, 5.74) is 1.87. The Morgan fingerprint density at radius 2 is 1.95 bits per heavy atom. The standard InChI is InChI=1S/C16H24N2O2/c1-3-20-16(19)18-14-9-7-13(8-10-14)17-15-6-4-5-12(2)11-15/h7-10,12,15,17H,3-6,11H2,1-2H3,(H,18,19). The van der Waals surface area contributed by atoms with Crippen LogP contribution in [0, 0.1) is 5.92 Å². The van der Waals surface area contributed by atoms with Crippen molar-refractivity contribution in [3.05, 3.63) is 24.3 Å². The Balaban J connectivity index is 1.86. The fourth-order valence-electron chi connectivity index (χ4n) is 2.74. The fraction of sp³-hybridized carbons (Fsp3) is 0.562. The van der Waals surface area contributed by atoms with Crippen molar-refractivity contribution in [2.75, 3.05) is 17.2 Å². The van der Waals surface area contributed by atoms with Crippen molar-refractivity contribution in [1.29, 1.82) is 0 Å². The van der Waals surface area contributed by atoms with Crippen molar-refractivity contribution in [2.45, 2.75) is 45.6 Å². The first kappa shape index (κ1) is 14.7. The molecule has 20 heavy (non-hydrogen) atoms. The predicted octanol–water partition coefficient (Wildman–Crippen LogP) is 4.25. The number of benzene rings is 1. The zero-order valence-electron chi connectivity index (χ0n) is 12.3. The van der Waals surface area contributed by atoms with E-state index in [0.717, 1.165) is 17.3 Å². The number of carbonyl (C=O) groups excluding carboxylic acids is 1. The molecule has 2 rings (SSSR count). The van der Waals surface area contributed by atoms with E-state index in [1.807, 2.05) is 24.3 Å². The van der Waals surface area contributed by atoms with E-state index >= 15 is 0 Å². The van der Waals surface area contributed by atoms with Crippen molar-refractivity contribution in [3.8, 4) is 0 Å². The summed E-state index contributed by atoms with van der Waals surface area (Å²) in [6, 6.07) is 8.36. The first-order valence-electron chi connectivity index (χ1n) is 7.47. The van der Waals surface area contributed by atoms with Crippen molar-refractivity contribution in [2.24, 2.45) is 5.92 Å². The highest BCUT2D eigenvalue weighted by Crippen LogP contribution is 2.26. The van der Waals surface area contributed by atoms with E-state index in [1.54, 1.807) is 6.92 Å². The van der Waals surface area contributed by atoms with E-state index in [9.17, 15) is 4.79 Å². The van der Waals surface area contributed by atoms with Crippen molar-refractivity contribution < 1.29 is 9.53 Å². The molecule has 1 fully saturated rings. The third-order valence-corrected chi connectivity index (χ3v) is 3.71. The van der Waals surface area contributed by atoms with E-state index < -0.39 is 6.09 Å². The van der Waals surface area contributed by atoms with Gasteiger partial charge in [0.1, 0.15) is 0 Å². The third kappa shape index (κ3) is 4.44. The minimum atomic E-state index is -0.408. The summed E-state index contributed by atoms with van der Waals surface area (Å²) < 4.78 is 4.84. The van der Waals surface area contributed by atoms with Gasteiger partial charge in [-0.15, -0.1) is 0 Å². The second kappa shape index (κ2) is 7.17. The highest BCUT2D eigenvalue weighted by atomic mass is 16.5. The maximum atomic E-state index is 11.3. The number of nitrogens with one attached hydrogen (secondary N) is 2. The minimum absolute atomic E-state index is 0.380. The van der Waals surface area contributed by atoms with Crippen LogP contribution in [0.4, 0.5) is 16.2 Å². The Bertz CT molecular complexity index is 431. The highest BCUT2D eigenvalue weighted by Gasteiger charge is 2.18. The summed E-state index contributed by atoms with van der Waals surface area (Å²) in [6.45, 7) is 4.49. The van der Waals surface area contributed by atoms with Crippen molar-refractivity contribution in [1.82, 2.24) is 0 Å². The average Bonchev–Trinajstić information content (AvgIpc) is 2.41. The van der Waals surface area contributed by atoms with Gasteiger partial charge in [0.25, 0.3) is 0 Å².